The summed E-state index contributed by atoms with van der Waals surface area (Å²) in [6.07, 6.45) is 6.62. The highest BCUT2D eigenvalue weighted by Crippen LogP contribution is 2.36. The van der Waals surface area contributed by atoms with Gasteiger partial charge in [0.1, 0.15) is 5.75 Å². The predicted octanol–water partition coefficient (Wildman–Crippen LogP) is 5.06. The van der Waals surface area contributed by atoms with Gasteiger partial charge in [-0.05, 0) is 50.8 Å². The van der Waals surface area contributed by atoms with Gasteiger partial charge in [-0.2, -0.15) is 0 Å². The average molecular weight is 304 g/mol. The lowest BCUT2D eigenvalue weighted by Gasteiger charge is -2.22. The number of nitrogens with one attached hydrogen (secondary N) is 1. The van der Waals surface area contributed by atoms with E-state index >= 15 is 0 Å². The van der Waals surface area contributed by atoms with Crippen molar-refractivity contribution in [3.63, 3.8) is 0 Å². The van der Waals surface area contributed by atoms with Crippen molar-refractivity contribution >= 4 is 26.7 Å². The predicted molar refractivity (Wildman–Crippen MR) is 90.8 cm³/mol. The Morgan fingerprint density at radius 1 is 1.24 bits per heavy atom. The first-order chi connectivity index (χ1) is 10.2. The van der Waals surface area contributed by atoms with Crippen LogP contribution < -0.4 is 10.1 Å². The van der Waals surface area contributed by atoms with Crippen LogP contribution in [-0.2, 0) is 0 Å². The third kappa shape index (κ3) is 3.00. The molecule has 3 rings (SSSR count). The zero-order chi connectivity index (χ0) is 14.8. The van der Waals surface area contributed by atoms with Crippen molar-refractivity contribution < 1.29 is 4.74 Å². The number of aryl methyl sites for hydroxylation is 1. The average Bonchev–Trinajstić information content (AvgIpc) is 2.88. The van der Waals surface area contributed by atoms with Crippen LogP contribution in [0.15, 0.2) is 6.07 Å². The number of hydrogen-bond acceptors (Lipinski definition) is 4. The molecule has 0 atom stereocenters. The number of fused-ring (bicyclic) bond motifs is 1. The molecule has 1 N–H and O–H groups in total. The van der Waals surface area contributed by atoms with E-state index < -0.39 is 0 Å². The Morgan fingerprint density at radius 3 is 2.71 bits per heavy atom. The van der Waals surface area contributed by atoms with Crippen molar-refractivity contribution in [2.45, 2.75) is 58.9 Å². The summed E-state index contributed by atoms with van der Waals surface area (Å²) in [4.78, 5) is 4.82. The Morgan fingerprint density at radius 2 is 2.00 bits per heavy atom. The number of nitrogens with zero attached hydrogens (tertiary/aromatic N) is 1. The van der Waals surface area contributed by atoms with Crippen LogP contribution in [0.1, 0.15) is 50.2 Å². The highest BCUT2D eigenvalue weighted by Gasteiger charge is 2.17. The van der Waals surface area contributed by atoms with Crippen LogP contribution >= 0.6 is 11.3 Å². The van der Waals surface area contributed by atoms with Gasteiger partial charge in [-0.15, -0.1) is 0 Å². The number of hydrogen-bond donors (Lipinski definition) is 1. The van der Waals surface area contributed by atoms with Gasteiger partial charge in [-0.25, -0.2) is 4.98 Å². The smallest absolute Gasteiger partial charge is 0.184 e. The van der Waals surface area contributed by atoms with Gasteiger partial charge in [-0.1, -0.05) is 30.6 Å². The van der Waals surface area contributed by atoms with Gasteiger partial charge in [0.05, 0.1) is 16.8 Å². The second-order valence-corrected chi connectivity index (χ2v) is 6.93. The maximum absolute atomic E-state index is 5.74. The fraction of sp³-hybridized carbons (Fsp3) is 0.588. The van der Waals surface area contributed by atoms with Crippen LogP contribution in [0.2, 0.25) is 0 Å². The fourth-order valence-corrected chi connectivity index (χ4v) is 4.11. The fourth-order valence-electron chi connectivity index (χ4n) is 3.08. The van der Waals surface area contributed by atoms with E-state index in [-0.39, 0.29) is 0 Å². The van der Waals surface area contributed by atoms with Crippen LogP contribution in [0.25, 0.3) is 10.2 Å². The van der Waals surface area contributed by atoms with Crippen LogP contribution in [0, 0.1) is 13.8 Å². The molecule has 114 valence electrons. The summed E-state index contributed by atoms with van der Waals surface area (Å²) in [7, 11) is 0. The maximum atomic E-state index is 5.74. The summed E-state index contributed by atoms with van der Waals surface area (Å²) in [5, 5.41) is 4.70. The van der Waals surface area contributed by atoms with Crippen LogP contribution in [0.4, 0.5) is 5.13 Å². The van der Waals surface area contributed by atoms with E-state index in [0.29, 0.717) is 12.6 Å². The molecule has 0 bridgehead atoms. The van der Waals surface area contributed by atoms with Crippen molar-refractivity contribution in [2.24, 2.45) is 0 Å². The molecule has 2 aromatic rings. The van der Waals surface area contributed by atoms with Gasteiger partial charge in [0.15, 0.2) is 5.13 Å². The minimum absolute atomic E-state index is 0.604. The molecule has 1 aliphatic rings. The summed E-state index contributed by atoms with van der Waals surface area (Å²) in [5.41, 5.74) is 3.57. The Bertz CT molecular complexity index is 629. The van der Waals surface area contributed by atoms with Gasteiger partial charge >= 0.3 is 0 Å². The molecule has 1 aromatic heterocycles. The van der Waals surface area contributed by atoms with E-state index in [4.69, 9.17) is 9.72 Å². The van der Waals surface area contributed by atoms with E-state index in [1.807, 2.05) is 6.92 Å². The zero-order valence-electron chi connectivity index (χ0n) is 13.2. The molecule has 1 saturated carbocycles. The number of rotatable bonds is 4. The minimum Gasteiger partial charge on any atom is -0.494 e. The van der Waals surface area contributed by atoms with Crippen LogP contribution in [-0.4, -0.2) is 17.6 Å². The molecular weight excluding hydrogens is 280 g/mol. The second-order valence-electron chi connectivity index (χ2n) is 5.90. The second kappa shape index (κ2) is 6.22. The van der Waals surface area contributed by atoms with Crippen LogP contribution in [0.3, 0.4) is 0 Å². The SMILES string of the molecule is CCOc1cc2sc(NC3CCCCC3)nc2c(C)c1C. The number of aromatic nitrogens is 1. The lowest BCUT2D eigenvalue weighted by Crippen LogP contribution is -2.21. The maximum Gasteiger partial charge on any atom is 0.184 e. The van der Waals surface area contributed by atoms with Crippen molar-refractivity contribution in [2.75, 3.05) is 11.9 Å². The van der Waals surface area contributed by atoms with Gasteiger partial charge < -0.3 is 10.1 Å². The summed E-state index contributed by atoms with van der Waals surface area (Å²) in [5.74, 6) is 0.996. The Kier molecular flexibility index (Phi) is 4.34. The molecule has 0 unspecified atom stereocenters. The first kappa shape index (κ1) is 14.6. The monoisotopic (exact) mass is 304 g/mol. The van der Waals surface area contributed by atoms with E-state index in [2.05, 4.69) is 25.2 Å². The van der Waals surface area contributed by atoms with E-state index in [1.54, 1.807) is 11.3 Å². The molecule has 0 amide bonds. The highest BCUT2D eigenvalue weighted by atomic mass is 32.1. The molecule has 0 spiro atoms. The first-order valence-corrected chi connectivity index (χ1v) is 8.80. The summed E-state index contributed by atoms with van der Waals surface area (Å²) in [6.45, 7) is 7.00. The molecule has 0 radical (unpaired) electrons. The lowest BCUT2D eigenvalue weighted by molar-refractivity contribution is 0.338. The Labute approximate surface area is 130 Å². The van der Waals surface area contributed by atoms with Crippen molar-refractivity contribution in [3.05, 3.63) is 17.2 Å². The first-order valence-electron chi connectivity index (χ1n) is 7.99. The molecule has 21 heavy (non-hydrogen) atoms. The van der Waals surface area contributed by atoms with Gasteiger partial charge in [-0.3, -0.25) is 0 Å². The molecular formula is C17H24N2OS. The third-order valence-corrected chi connectivity index (χ3v) is 5.37. The minimum atomic E-state index is 0.604. The summed E-state index contributed by atoms with van der Waals surface area (Å²) >= 11 is 1.75. The molecule has 4 heteroatoms. The lowest BCUT2D eigenvalue weighted by atomic mass is 9.96. The van der Waals surface area contributed by atoms with Gasteiger partial charge in [0.25, 0.3) is 0 Å². The standard InChI is InChI=1S/C17H24N2OS/c1-4-20-14-10-15-16(12(3)11(14)2)19-17(21-15)18-13-8-6-5-7-9-13/h10,13H,4-9H2,1-3H3,(H,18,19). The van der Waals surface area contributed by atoms with Gasteiger partial charge in [0, 0.05) is 6.04 Å². The zero-order valence-corrected chi connectivity index (χ0v) is 14.0. The Hall–Kier alpha value is -1.29. The number of anilines is 1. The topological polar surface area (TPSA) is 34.1 Å². The normalized spacial score (nSPS) is 16.3. The van der Waals surface area contributed by atoms with Crippen LogP contribution in [0.5, 0.6) is 5.75 Å². The van der Waals surface area contributed by atoms with E-state index in [1.165, 1.54) is 47.9 Å². The number of thiazole rings is 1. The molecule has 1 heterocycles. The van der Waals surface area contributed by atoms with E-state index in [0.717, 1.165) is 16.4 Å². The Balaban J connectivity index is 1.90. The van der Waals surface area contributed by atoms with Crippen molar-refractivity contribution in [3.8, 4) is 5.75 Å². The van der Waals surface area contributed by atoms with Crippen molar-refractivity contribution in [1.29, 1.82) is 0 Å². The molecule has 0 aliphatic heterocycles. The van der Waals surface area contributed by atoms with Gasteiger partial charge in [0.2, 0.25) is 0 Å². The summed E-state index contributed by atoms with van der Waals surface area (Å²) in [6, 6.07) is 2.75. The quantitative estimate of drug-likeness (QED) is 0.857. The summed E-state index contributed by atoms with van der Waals surface area (Å²) < 4.78 is 6.97. The third-order valence-electron chi connectivity index (χ3n) is 4.44. The molecule has 1 fully saturated rings. The van der Waals surface area contributed by atoms with Crippen molar-refractivity contribution in [1.82, 2.24) is 4.98 Å². The molecule has 1 aliphatic carbocycles. The largest absolute Gasteiger partial charge is 0.494 e. The number of ether oxygens (including phenoxy) is 1. The molecule has 3 nitrogen and oxygen atoms in total. The highest BCUT2D eigenvalue weighted by molar-refractivity contribution is 7.22. The number of benzene rings is 1. The van der Waals surface area contributed by atoms with E-state index in [9.17, 15) is 0 Å². The molecule has 1 aromatic carbocycles. The molecule has 0 saturated heterocycles.